The molecule has 0 bridgehead atoms. The highest BCUT2D eigenvalue weighted by Gasteiger charge is 2.18. The van der Waals surface area contributed by atoms with E-state index in [4.69, 9.17) is 4.74 Å². The summed E-state index contributed by atoms with van der Waals surface area (Å²) in [5, 5.41) is 6.11. The zero-order chi connectivity index (χ0) is 20.2. The maximum atomic E-state index is 14.2. The lowest BCUT2D eigenvalue weighted by atomic mass is 10.1. The summed E-state index contributed by atoms with van der Waals surface area (Å²) in [5.41, 5.74) is 2.36. The molecular formula is C21H30FN3O2. The number of rotatable bonds is 10. The van der Waals surface area contributed by atoms with E-state index in [0.717, 1.165) is 30.7 Å². The van der Waals surface area contributed by atoms with Gasteiger partial charge in [0.15, 0.2) is 0 Å². The fourth-order valence-electron chi connectivity index (χ4n) is 2.58. The van der Waals surface area contributed by atoms with Crippen LogP contribution in [0.5, 0.6) is 0 Å². The molecule has 1 aromatic carbocycles. The molecule has 27 heavy (non-hydrogen) atoms. The van der Waals surface area contributed by atoms with E-state index in [1.54, 1.807) is 44.1 Å². The van der Waals surface area contributed by atoms with Crippen molar-refractivity contribution < 1.29 is 13.9 Å². The third kappa shape index (κ3) is 6.96. The van der Waals surface area contributed by atoms with Crippen LogP contribution >= 0.6 is 0 Å². The van der Waals surface area contributed by atoms with Crippen LogP contribution in [0.2, 0.25) is 0 Å². The Kier molecular flexibility index (Phi) is 10.0. The first kappa shape index (κ1) is 22.5. The molecule has 0 fully saturated rings. The zero-order valence-electron chi connectivity index (χ0n) is 17.0. The van der Waals surface area contributed by atoms with Gasteiger partial charge in [0.25, 0.3) is 0 Å². The zero-order valence-corrected chi connectivity index (χ0v) is 17.0. The maximum absolute atomic E-state index is 14.2. The van der Waals surface area contributed by atoms with Crippen molar-refractivity contribution in [3.63, 3.8) is 0 Å². The van der Waals surface area contributed by atoms with E-state index < -0.39 is 5.97 Å². The third-order valence-corrected chi connectivity index (χ3v) is 3.85. The van der Waals surface area contributed by atoms with Crippen LogP contribution in [0.4, 0.5) is 4.39 Å². The highest BCUT2D eigenvalue weighted by molar-refractivity contribution is 6.35. The Bertz CT molecular complexity index is 711. The van der Waals surface area contributed by atoms with Crippen molar-refractivity contribution in [3.05, 3.63) is 47.4 Å². The minimum atomic E-state index is -0.489. The van der Waals surface area contributed by atoms with Gasteiger partial charge < -0.3 is 4.74 Å². The number of halogens is 1. The number of ether oxygens (including phenoxy) is 1. The summed E-state index contributed by atoms with van der Waals surface area (Å²) in [7, 11) is 1.73. The summed E-state index contributed by atoms with van der Waals surface area (Å²) in [6.07, 6.45) is 4.45. The fraction of sp³-hybridized carbons (Fsp3) is 0.476. The van der Waals surface area contributed by atoms with Gasteiger partial charge in [-0.05, 0) is 32.8 Å². The topological polar surface area (TPSA) is 54.3 Å². The van der Waals surface area contributed by atoms with Gasteiger partial charge in [-0.1, -0.05) is 44.5 Å². The molecule has 0 aliphatic rings. The first-order valence-electron chi connectivity index (χ1n) is 9.37. The van der Waals surface area contributed by atoms with Crippen LogP contribution in [0.3, 0.4) is 0 Å². The lowest BCUT2D eigenvalue weighted by molar-refractivity contribution is -0.135. The van der Waals surface area contributed by atoms with E-state index in [2.05, 4.69) is 17.0 Å². The molecule has 5 nitrogen and oxygen atoms in total. The summed E-state index contributed by atoms with van der Waals surface area (Å²) < 4.78 is 19.3. The smallest absolute Gasteiger partial charge is 0.354 e. The van der Waals surface area contributed by atoms with Crippen LogP contribution in [-0.4, -0.2) is 36.1 Å². The van der Waals surface area contributed by atoms with Gasteiger partial charge in [0.05, 0.1) is 24.6 Å². The number of allylic oxidation sites excluding steroid dienone is 2. The number of carbonyl (C=O) groups is 1. The summed E-state index contributed by atoms with van der Waals surface area (Å²) in [4.78, 5) is 16.4. The van der Waals surface area contributed by atoms with Crippen LogP contribution in [0.1, 0.15) is 52.5 Å². The Balaban J connectivity index is 3.37. The second-order valence-corrected chi connectivity index (χ2v) is 5.97. The van der Waals surface area contributed by atoms with E-state index in [0.29, 0.717) is 5.56 Å². The van der Waals surface area contributed by atoms with E-state index in [1.807, 2.05) is 13.0 Å². The largest absolute Gasteiger partial charge is 0.461 e. The van der Waals surface area contributed by atoms with Gasteiger partial charge in [-0.25, -0.2) is 9.18 Å². The summed E-state index contributed by atoms with van der Waals surface area (Å²) in [6.45, 7) is 7.89. The van der Waals surface area contributed by atoms with Crippen molar-refractivity contribution in [1.82, 2.24) is 5.01 Å². The standard InChI is InChI=1S/C21H30FN3O2/c1-6-11-19(23-5)20(12-7-2)25(24-16(4)21(26)27-8-3)15-17-13-9-10-14-18(17)22/h9-10,12-14H,6-8,11,15H2,1-5H3/b20-12+,23-19+,24-16+. The molecule has 0 aliphatic carbocycles. The number of nitrogens with zero attached hydrogens (tertiary/aromatic N) is 3. The molecule has 148 valence electrons. The molecule has 6 heteroatoms. The Hall–Kier alpha value is -2.50. The predicted octanol–water partition coefficient (Wildman–Crippen LogP) is 4.73. The second-order valence-electron chi connectivity index (χ2n) is 5.97. The molecule has 1 aromatic rings. The third-order valence-electron chi connectivity index (χ3n) is 3.85. The van der Waals surface area contributed by atoms with E-state index >= 15 is 0 Å². The summed E-state index contributed by atoms with van der Waals surface area (Å²) in [5.74, 6) is -0.801. The first-order valence-corrected chi connectivity index (χ1v) is 9.37. The fourth-order valence-corrected chi connectivity index (χ4v) is 2.58. The molecule has 0 aliphatic heterocycles. The number of aliphatic imine (C=N–C) groups is 1. The van der Waals surface area contributed by atoms with Crippen LogP contribution in [0.25, 0.3) is 0 Å². The van der Waals surface area contributed by atoms with Crippen molar-refractivity contribution in [1.29, 1.82) is 0 Å². The summed E-state index contributed by atoms with van der Waals surface area (Å²) >= 11 is 0. The molecule has 0 saturated carbocycles. The molecule has 0 amide bonds. The van der Waals surface area contributed by atoms with Crippen molar-refractivity contribution in [2.24, 2.45) is 10.1 Å². The number of carbonyl (C=O) groups excluding carboxylic acids is 1. The Morgan fingerprint density at radius 3 is 2.52 bits per heavy atom. The van der Waals surface area contributed by atoms with Crippen molar-refractivity contribution >= 4 is 17.4 Å². The Labute approximate surface area is 161 Å². The minimum absolute atomic E-state index is 0.192. The first-order chi connectivity index (χ1) is 13.0. The molecule has 1 rings (SSSR count). The highest BCUT2D eigenvalue weighted by Crippen LogP contribution is 2.19. The van der Waals surface area contributed by atoms with Gasteiger partial charge in [0, 0.05) is 12.6 Å². The molecule has 0 spiro atoms. The quantitative estimate of drug-likeness (QED) is 0.337. The average Bonchev–Trinajstić information content (AvgIpc) is 2.65. The Morgan fingerprint density at radius 2 is 1.96 bits per heavy atom. The molecule has 0 unspecified atom stereocenters. The SMILES string of the molecule is CC/C=C(\C(CCC)=N\C)N(Cc1ccccc1F)/N=C(\C)C(=O)OCC. The van der Waals surface area contributed by atoms with Gasteiger partial charge in [0.2, 0.25) is 0 Å². The molecule has 0 atom stereocenters. The number of hydrogen-bond acceptors (Lipinski definition) is 5. The second kappa shape index (κ2) is 12.0. The van der Waals surface area contributed by atoms with E-state index in [1.165, 1.54) is 6.07 Å². The molecule has 0 N–H and O–H groups in total. The van der Waals surface area contributed by atoms with Crippen LogP contribution in [0.15, 0.2) is 46.1 Å². The lowest BCUT2D eigenvalue weighted by Gasteiger charge is -2.25. The van der Waals surface area contributed by atoms with Crippen molar-refractivity contribution in [2.75, 3.05) is 13.7 Å². The van der Waals surface area contributed by atoms with Gasteiger partial charge in [-0.15, -0.1) is 0 Å². The highest BCUT2D eigenvalue weighted by atomic mass is 19.1. The van der Waals surface area contributed by atoms with Crippen LogP contribution in [-0.2, 0) is 16.1 Å². The molecule has 0 saturated heterocycles. The van der Waals surface area contributed by atoms with Gasteiger partial charge in [-0.3, -0.25) is 10.0 Å². The normalized spacial score (nSPS) is 12.9. The van der Waals surface area contributed by atoms with Crippen LogP contribution in [0, 0.1) is 5.82 Å². The maximum Gasteiger partial charge on any atom is 0.354 e. The number of benzene rings is 1. The Morgan fingerprint density at radius 1 is 1.26 bits per heavy atom. The van der Waals surface area contributed by atoms with Crippen LogP contribution < -0.4 is 0 Å². The van der Waals surface area contributed by atoms with Crippen molar-refractivity contribution in [3.8, 4) is 0 Å². The van der Waals surface area contributed by atoms with Gasteiger partial charge >= 0.3 is 5.97 Å². The monoisotopic (exact) mass is 375 g/mol. The average molecular weight is 375 g/mol. The van der Waals surface area contributed by atoms with Crippen molar-refractivity contribution in [2.45, 2.75) is 53.5 Å². The number of esters is 1. The molecule has 0 aromatic heterocycles. The van der Waals surface area contributed by atoms with Gasteiger partial charge in [0.1, 0.15) is 11.5 Å². The summed E-state index contributed by atoms with van der Waals surface area (Å²) in [6, 6.07) is 6.56. The predicted molar refractivity (Wildman–Crippen MR) is 108 cm³/mol. The molecule has 0 heterocycles. The number of hydrazone groups is 1. The molecule has 0 radical (unpaired) electrons. The lowest BCUT2D eigenvalue weighted by Crippen LogP contribution is -2.27. The number of hydrogen-bond donors (Lipinski definition) is 0. The minimum Gasteiger partial charge on any atom is -0.461 e. The molecular weight excluding hydrogens is 345 g/mol. The van der Waals surface area contributed by atoms with E-state index in [9.17, 15) is 9.18 Å². The van der Waals surface area contributed by atoms with Gasteiger partial charge in [-0.2, -0.15) is 5.10 Å². The van der Waals surface area contributed by atoms with E-state index in [-0.39, 0.29) is 24.7 Å².